The van der Waals surface area contributed by atoms with Crippen molar-refractivity contribution < 1.29 is 4.79 Å². The Hall–Kier alpha value is -1.44. The van der Waals surface area contributed by atoms with Crippen LogP contribution in [0.25, 0.3) is 5.57 Å². The molecule has 0 fully saturated rings. The van der Waals surface area contributed by atoms with Crippen molar-refractivity contribution in [2.24, 2.45) is 0 Å². The van der Waals surface area contributed by atoms with Gasteiger partial charge in [0.25, 0.3) is 0 Å². The van der Waals surface area contributed by atoms with Crippen molar-refractivity contribution in [1.82, 2.24) is 4.98 Å². The fourth-order valence-electron chi connectivity index (χ4n) is 1.50. The van der Waals surface area contributed by atoms with Gasteiger partial charge in [-0.2, -0.15) is 0 Å². The maximum atomic E-state index is 11.0. The maximum Gasteiger partial charge on any atom is 0.137 e. The van der Waals surface area contributed by atoms with Crippen LogP contribution in [-0.4, -0.2) is 10.8 Å². The summed E-state index contributed by atoms with van der Waals surface area (Å²) >= 11 is 0. The average Bonchev–Trinajstić information content (AvgIpc) is 2.20. The molecule has 1 aromatic heterocycles. The predicted molar refractivity (Wildman–Crippen MR) is 51.1 cm³/mol. The maximum absolute atomic E-state index is 11.0. The van der Waals surface area contributed by atoms with Crippen LogP contribution in [0.5, 0.6) is 0 Å². The lowest BCUT2D eigenvalue weighted by Crippen LogP contribution is -2.03. The lowest BCUT2D eigenvalue weighted by molar-refractivity contribution is -0.118. The molecule has 1 aliphatic rings. The molecule has 1 aromatic rings. The highest BCUT2D eigenvalue weighted by molar-refractivity contribution is 5.86. The molecule has 2 heteroatoms. The molecule has 0 atom stereocenters. The van der Waals surface area contributed by atoms with Crippen LogP contribution >= 0.6 is 0 Å². The van der Waals surface area contributed by atoms with Crippen LogP contribution in [0.2, 0.25) is 0 Å². The van der Waals surface area contributed by atoms with Crippen LogP contribution in [0.15, 0.2) is 30.5 Å². The highest BCUT2D eigenvalue weighted by atomic mass is 16.1. The quantitative estimate of drug-likeness (QED) is 0.651. The van der Waals surface area contributed by atoms with Crippen molar-refractivity contribution >= 4 is 11.4 Å². The number of nitrogens with zero attached hydrogens (tertiary/aromatic N) is 1. The van der Waals surface area contributed by atoms with Gasteiger partial charge in [-0.15, -0.1) is 0 Å². The largest absolute Gasteiger partial charge is 0.299 e. The Balaban J connectivity index is 2.23. The average molecular weight is 173 g/mol. The monoisotopic (exact) mass is 173 g/mol. The van der Waals surface area contributed by atoms with Gasteiger partial charge in [-0.05, 0) is 24.1 Å². The minimum Gasteiger partial charge on any atom is -0.299 e. The topological polar surface area (TPSA) is 30.0 Å². The molecule has 2 rings (SSSR count). The normalized spacial score (nSPS) is 16.9. The van der Waals surface area contributed by atoms with E-state index in [0.29, 0.717) is 18.6 Å². The summed E-state index contributed by atoms with van der Waals surface area (Å²) in [6.45, 7) is 0. The molecule has 0 bridgehead atoms. The summed E-state index contributed by atoms with van der Waals surface area (Å²) in [7, 11) is 0. The van der Waals surface area contributed by atoms with E-state index < -0.39 is 0 Å². The Morgan fingerprint density at radius 2 is 2.15 bits per heavy atom. The van der Waals surface area contributed by atoms with Gasteiger partial charge in [0.15, 0.2) is 0 Å². The molecule has 2 nitrogen and oxygen atoms in total. The van der Waals surface area contributed by atoms with Crippen LogP contribution in [0.3, 0.4) is 0 Å². The minimum atomic E-state index is 0.333. The lowest BCUT2D eigenvalue weighted by atomic mass is 9.96. The van der Waals surface area contributed by atoms with Crippen LogP contribution in [-0.2, 0) is 4.79 Å². The summed E-state index contributed by atoms with van der Waals surface area (Å²) in [5, 5.41) is 0. The number of ketones is 1. The van der Waals surface area contributed by atoms with Gasteiger partial charge in [-0.1, -0.05) is 12.1 Å². The van der Waals surface area contributed by atoms with Gasteiger partial charge < -0.3 is 0 Å². The van der Waals surface area contributed by atoms with Crippen molar-refractivity contribution in [2.45, 2.75) is 19.3 Å². The first kappa shape index (κ1) is 8.17. The molecule has 1 heterocycles. The smallest absolute Gasteiger partial charge is 0.137 e. The van der Waals surface area contributed by atoms with E-state index in [4.69, 9.17) is 0 Å². The lowest BCUT2D eigenvalue weighted by Gasteiger charge is -2.10. The molecular formula is C11H11NO. The fourth-order valence-corrected chi connectivity index (χ4v) is 1.50. The molecule has 0 unspecified atom stereocenters. The molecule has 0 spiro atoms. The molecule has 0 amide bonds. The molecule has 0 radical (unpaired) electrons. The molecule has 0 aliphatic heterocycles. The second-order valence-corrected chi connectivity index (χ2v) is 3.19. The Kier molecular flexibility index (Phi) is 2.21. The minimum absolute atomic E-state index is 0.333. The van der Waals surface area contributed by atoms with Gasteiger partial charge in [0.05, 0.1) is 5.69 Å². The van der Waals surface area contributed by atoms with Crippen LogP contribution < -0.4 is 0 Å². The summed E-state index contributed by atoms with van der Waals surface area (Å²) in [5.41, 5.74) is 2.22. The van der Waals surface area contributed by atoms with Crippen molar-refractivity contribution in [3.05, 3.63) is 36.2 Å². The number of pyridine rings is 1. The molecule has 0 saturated carbocycles. The van der Waals surface area contributed by atoms with Gasteiger partial charge >= 0.3 is 0 Å². The van der Waals surface area contributed by atoms with E-state index in [2.05, 4.69) is 4.98 Å². The van der Waals surface area contributed by atoms with Gasteiger partial charge in [0, 0.05) is 19.0 Å². The third kappa shape index (κ3) is 1.83. The first-order valence-corrected chi connectivity index (χ1v) is 4.48. The number of carbonyl (C=O) groups excluding carboxylic acids is 1. The molecule has 13 heavy (non-hydrogen) atoms. The zero-order chi connectivity index (χ0) is 9.10. The summed E-state index contributed by atoms with van der Waals surface area (Å²) in [6.07, 6.45) is 5.87. The SMILES string of the molecule is O=C1CC=C(c2ccccn2)CC1. The van der Waals surface area contributed by atoms with Crippen molar-refractivity contribution in [3.63, 3.8) is 0 Å². The van der Waals surface area contributed by atoms with Crippen LogP contribution in [0.1, 0.15) is 25.0 Å². The second kappa shape index (κ2) is 3.52. The van der Waals surface area contributed by atoms with Gasteiger partial charge in [0.2, 0.25) is 0 Å². The van der Waals surface area contributed by atoms with Gasteiger partial charge in [-0.25, -0.2) is 0 Å². The highest BCUT2D eigenvalue weighted by Crippen LogP contribution is 2.22. The van der Waals surface area contributed by atoms with E-state index in [1.54, 1.807) is 6.20 Å². The Labute approximate surface area is 77.3 Å². The summed E-state index contributed by atoms with van der Waals surface area (Å²) in [4.78, 5) is 15.2. The van der Waals surface area contributed by atoms with Crippen molar-refractivity contribution in [3.8, 4) is 0 Å². The van der Waals surface area contributed by atoms with E-state index in [-0.39, 0.29) is 0 Å². The summed E-state index contributed by atoms with van der Waals surface area (Å²) in [5.74, 6) is 0.333. The summed E-state index contributed by atoms with van der Waals surface area (Å²) < 4.78 is 0. The van der Waals surface area contributed by atoms with E-state index >= 15 is 0 Å². The number of allylic oxidation sites excluding steroid dienone is 2. The number of hydrogen-bond donors (Lipinski definition) is 0. The van der Waals surface area contributed by atoms with E-state index in [1.165, 1.54) is 5.57 Å². The third-order valence-corrected chi connectivity index (χ3v) is 2.24. The Morgan fingerprint density at radius 1 is 1.23 bits per heavy atom. The third-order valence-electron chi connectivity index (χ3n) is 2.24. The number of rotatable bonds is 1. The fraction of sp³-hybridized carbons (Fsp3) is 0.273. The van der Waals surface area contributed by atoms with E-state index in [9.17, 15) is 4.79 Å². The van der Waals surface area contributed by atoms with E-state index in [0.717, 1.165) is 12.1 Å². The molecule has 0 N–H and O–H groups in total. The number of hydrogen-bond acceptors (Lipinski definition) is 2. The van der Waals surface area contributed by atoms with Gasteiger partial charge in [-0.3, -0.25) is 9.78 Å². The zero-order valence-electron chi connectivity index (χ0n) is 7.36. The van der Waals surface area contributed by atoms with Crippen LogP contribution in [0, 0.1) is 0 Å². The summed E-state index contributed by atoms with van der Waals surface area (Å²) in [6, 6.07) is 5.86. The molecular weight excluding hydrogens is 162 g/mol. The highest BCUT2D eigenvalue weighted by Gasteiger charge is 2.11. The van der Waals surface area contributed by atoms with Crippen molar-refractivity contribution in [2.75, 3.05) is 0 Å². The Morgan fingerprint density at radius 3 is 2.77 bits per heavy atom. The first-order chi connectivity index (χ1) is 6.36. The second-order valence-electron chi connectivity index (χ2n) is 3.19. The molecule has 0 aromatic carbocycles. The molecule has 1 aliphatic carbocycles. The standard InChI is InChI=1S/C11H11NO/c13-10-6-4-9(5-7-10)11-3-1-2-8-12-11/h1-4,8H,5-7H2. The zero-order valence-corrected chi connectivity index (χ0v) is 7.36. The molecule has 0 saturated heterocycles. The van der Waals surface area contributed by atoms with Crippen molar-refractivity contribution in [1.29, 1.82) is 0 Å². The van der Waals surface area contributed by atoms with Crippen LogP contribution in [0.4, 0.5) is 0 Å². The Bertz CT molecular complexity index is 340. The first-order valence-electron chi connectivity index (χ1n) is 4.48. The number of carbonyl (C=O) groups is 1. The van der Waals surface area contributed by atoms with E-state index in [1.807, 2.05) is 24.3 Å². The number of aromatic nitrogens is 1. The predicted octanol–water partition coefficient (Wildman–Crippen LogP) is 2.22. The number of Topliss-reactive ketones (excluding diaryl/α,β-unsaturated/α-hetero) is 1. The van der Waals surface area contributed by atoms with Gasteiger partial charge in [0.1, 0.15) is 5.78 Å². The molecule has 66 valence electrons.